The topological polar surface area (TPSA) is 72.7 Å². The second kappa shape index (κ2) is 7.17. The zero-order valence-corrected chi connectivity index (χ0v) is 12.8. The molecule has 7 heteroatoms. The Balaban J connectivity index is 1.85. The molecule has 1 aromatic rings. The van der Waals surface area contributed by atoms with Crippen molar-refractivity contribution < 1.29 is 28.5 Å². The van der Waals surface area contributed by atoms with Crippen LogP contribution in [0.4, 0.5) is 13.2 Å². The minimum atomic E-state index is -4.33. The number of rotatable bonds is 4. The van der Waals surface area contributed by atoms with Crippen LogP contribution in [0, 0.1) is 0 Å². The zero-order valence-electron chi connectivity index (χ0n) is 12.8. The van der Waals surface area contributed by atoms with E-state index in [2.05, 4.69) is 5.32 Å². The molecule has 1 fully saturated rings. The first kappa shape index (κ1) is 18.2. The van der Waals surface area contributed by atoms with Gasteiger partial charge in [-0.25, -0.2) is 0 Å². The highest BCUT2D eigenvalue weighted by Gasteiger charge is 2.39. The molecule has 2 rings (SSSR count). The molecule has 0 radical (unpaired) electrons. The molecular weight excluding hydrogens is 311 g/mol. The van der Waals surface area contributed by atoms with Gasteiger partial charge in [-0.1, -0.05) is 12.1 Å². The van der Waals surface area contributed by atoms with Gasteiger partial charge in [-0.3, -0.25) is 0 Å². The Bertz CT molecular complexity index is 506. The van der Waals surface area contributed by atoms with Crippen molar-refractivity contribution in [2.24, 2.45) is 0 Å². The molecule has 0 saturated carbocycles. The number of hydrogen-bond acceptors (Lipinski definition) is 4. The van der Waals surface area contributed by atoms with Crippen molar-refractivity contribution in [2.45, 2.75) is 62.8 Å². The van der Waals surface area contributed by atoms with Crippen LogP contribution < -0.4 is 5.32 Å². The van der Waals surface area contributed by atoms with Gasteiger partial charge in [0.05, 0.1) is 17.8 Å². The van der Waals surface area contributed by atoms with Crippen molar-refractivity contribution in [1.82, 2.24) is 5.32 Å². The SMILES string of the molecule is C[C@@H]1N[C@H](CCCc2ccc(C(F)(F)F)cc2)[C@@H](O)[C@H](O)[C@@H]1O. The lowest BCUT2D eigenvalue weighted by atomic mass is 9.88. The summed E-state index contributed by atoms with van der Waals surface area (Å²) in [7, 11) is 0. The second-order valence-electron chi connectivity index (χ2n) is 6.12. The lowest BCUT2D eigenvalue weighted by Crippen LogP contribution is -2.63. The third-order valence-corrected chi connectivity index (χ3v) is 4.36. The molecule has 1 heterocycles. The molecule has 5 atom stereocenters. The van der Waals surface area contributed by atoms with Crippen LogP contribution in [0.3, 0.4) is 0 Å². The zero-order chi connectivity index (χ0) is 17.2. The molecule has 1 saturated heterocycles. The van der Waals surface area contributed by atoms with Gasteiger partial charge in [0.2, 0.25) is 0 Å². The van der Waals surface area contributed by atoms with E-state index >= 15 is 0 Å². The van der Waals surface area contributed by atoms with Crippen LogP contribution >= 0.6 is 0 Å². The molecule has 0 amide bonds. The lowest BCUT2D eigenvalue weighted by molar-refractivity contribution is -0.137. The summed E-state index contributed by atoms with van der Waals surface area (Å²) in [5.41, 5.74) is 0.119. The Morgan fingerprint density at radius 2 is 1.61 bits per heavy atom. The van der Waals surface area contributed by atoms with Gasteiger partial charge in [-0.15, -0.1) is 0 Å². The van der Waals surface area contributed by atoms with Gasteiger partial charge >= 0.3 is 6.18 Å². The summed E-state index contributed by atoms with van der Waals surface area (Å²) >= 11 is 0. The number of piperidine rings is 1. The molecule has 1 aliphatic heterocycles. The third-order valence-electron chi connectivity index (χ3n) is 4.36. The van der Waals surface area contributed by atoms with Crippen LogP contribution in [-0.4, -0.2) is 45.7 Å². The van der Waals surface area contributed by atoms with E-state index in [0.717, 1.165) is 17.7 Å². The molecule has 1 aromatic carbocycles. The summed E-state index contributed by atoms with van der Waals surface area (Å²) in [5, 5.41) is 32.4. The standard InChI is InChI=1S/C16H22F3NO3/c1-9-13(21)15(23)14(22)12(20-9)4-2-3-10-5-7-11(8-6-10)16(17,18)19/h5-9,12-15,20-23H,2-4H2,1H3/t9-,12+,13+,14+,15+/m0/s1. The van der Waals surface area contributed by atoms with Gasteiger partial charge in [-0.05, 0) is 43.9 Å². The number of aliphatic hydroxyl groups is 3. The van der Waals surface area contributed by atoms with E-state index in [4.69, 9.17) is 0 Å². The van der Waals surface area contributed by atoms with E-state index in [1.54, 1.807) is 6.92 Å². The summed E-state index contributed by atoms with van der Waals surface area (Å²) in [6.07, 6.45) is -5.82. The second-order valence-corrected chi connectivity index (χ2v) is 6.12. The number of nitrogens with one attached hydrogen (secondary N) is 1. The molecule has 0 aliphatic carbocycles. The van der Waals surface area contributed by atoms with Gasteiger partial charge < -0.3 is 20.6 Å². The van der Waals surface area contributed by atoms with Gasteiger partial charge in [0.15, 0.2) is 0 Å². The highest BCUT2D eigenvalue weighted by molar-refractivity contribution is 5.24. The van der Waals surface area contributed by atoms with Crippen LogP contribution in [0.5, 0.6) is 0 Å². The fourth-order valence-corrected chi connectivity index (χ4v) is 2.91. The number of halogens is 3. The number of benzene rings is 1. The lowest BCUT2D eigenvalue weighted by Gasteiger charge is -2.40. The number of aryl methyl sites for hydroxylation is 1. The molecule has 4 nitrogen and oxygen atoms in total. The number of alkyl halides is 3. The minimum absolute atomic E-state index is 0.329. The Hall–Kier alpha value is -1.15. The Kier molecular flexibility index (Phi) is 5.67. The predicted molar refractivity (Wildman–Crippen MR) is 78.8 cm³/mol. The van der Waals surface area contributed by atoms with Crippen LogP contribution in [0.1, 0.15) is 30.9 Å². The fraction of sp³-hybridized carbons (Fsp3) is 0.625. The molecule has 130 valence electrons. The van der Waals surface area contributed by atoms with Crippen molar-refractivity contribution in [3.05, 3.63) is 35.4 Å². The summed E-state index contributed by atoms with van der Waals surface area (Å²) in [4.78, 5) is 0. The molecule has 0 aromatic heterocycles. The van der Waals surface area contributed by atoms with Crippen molar-refractivity contribution in [3.63, 3.8) is 0 Å². The van der Waals surface area contributed by atoms with E-state index in [-0.39, 0.29) is 12.1 Å². The first-order valence-corrected chi connectivity index (χ1v) is 7.66. The van der Waals surface area contributed by atoms with E-state index in [9.17, 15) is 28.5 Å². The maximum atomic E-state index is 12.5. The highest BCUT2D eigenvalue weighted by Crippen LogP contribution is 2.29. The third kappa shape index (κ3) is 4.44. The van der Waals surface area contributed by atoms with Crippen LogP contribution in [0.15, 0.2) is 24.3 Å². The fourth-order valence-electron chi connectivity index (χ4n) is 2.91. The van der Waals surface area contributed by atoms with Gasteiger partial charge in [0.1, 0.15) is 6.10 Å². The molecule has 4 N–H and O–H groups in total. The van der Waals surface area contributed by atoms with E-state index in [1.807, 2.05) is 0 Å². The van der Waals surface area contributed by atoms with E-state index in [1.165, 1.54) is 12.1 Å². The minimum Gasteiger partial charge on any atom is -0.389 e. The summed E-state index contributed by atoms with van der Waals surface area (Å²) in [6.45, 7) is 1.72. The van der Waals surface area contributed by atoms with Crippen molar-refractivity contribution >= 4 is 0 Å². The molecular formula is C16H22F3NO3. The summed E-state index contributed by atoms with van der Waals surface area (Å²) in [5.74, 6) is 0. The summed E-state index contributed by atoms with van der Waals surface area (Å²) in [6, 6.07) is 4.35. The average Bonchev–Trinajstić information content (AvgIpc) is 2.50. The number of aliphatic hydroxyl groups excluding tert-OH is 3. The summed E-state index contributed by atoms with van der Waals surface area (Å²) < 4.78 is 37.4. The highest BCUT2D eigenvalue weighted by atomic mass is 19.4. The smallest absolute Gasteiger partial charge is 0.389 e. The quantitative estimate of drug-likeness (QED) is 0.673. The van der Waals surface area contributed by atoms with E-state index < -0.39 is 30.1 Å². The maximum absolute atomic E-state index is 12.5. The predicted octanol–water partition coefficient (Wildman–Crippen LogP) is 1.47. The van der Waals surface area contributed by atoms with Crippen LogP contribution in [0.2, 0.25) is 0 Å². The van der Waals surface area contributed by atoms with E-state index in [0.29, 0.717) is 19.3 Å². The molecule has 1 aliphatic rings. The first-order valence-electron chi connectivity index (χ1n) is 7.66. The monoisotopic (exact) mass is 333 g/mol. The largest absolute Gasteiger partial charge is 0.416 e. The molecule has 0 bridgehead atoms. The Labute approximate surface area is 133 Å². The van der Waals surface area contributed by atoms with Crippen molar-refractivity contribution in [3.8, 4) is 0 Å². The van der Waals surface area contributed by atoms with Crippen molar-refractivity contribution in [1.29, 1.82) is 0 Å². The Morgan fingerprint density at radius 3 is 2.17 bits per heavy atom. The van der Waals surface area contributed by atoms with Gasteiger partial charge in [0.25, 0.3) is 0 Å². The first-order chi connectivity index (χ1) is 10.7. The van der Waals surface area contributed by atoms with Crippen LogP contribution in [-0.2, 0) is 12.6 Å². The van der Waals surface area contributed by atoms with Crippen LogP contribution in [0.25, 0.3) is 0 Å². The van der Waals surface area contributed by atoms with Gasteiger partial charge in [-0.2, -0.15) is 13.2 Å². The van der Waals surface area contributed by atoms with Gasteiger partial charge in [0, 0.05) is 12.1 Å². The maximum Gasteiger partial charge on any atom is 0.416 e. The molecule has 23 heavy (non-hydrogen) atoms. The Morgan fingerprint density at radius 1 is 1.00 bits per heavy atom. The number of hydrogen-bond donors (Lipinski definition) is 4. The molecule has 0 spiro atoms. The van der Waals surface area contributed by atoms with Crippen molar-refractivity contribution in [2.75, 3.05) is 0 Å². The normalized spacial score (nSPS) is 32.0. The average molecular weight is 333 g/mol. The molecule has 0 unspecified atom stereocenters.